The van der Waals surface area contributed by atoms with E-state index in [1.54, 1.807) is 12.1 Å². The topological polar surface area (TPSA) is 108 Å². The second kappa shape index (κ2) is 8.97. The van der Waals surface area contributed by atoms with Crippen LogP contribution >= 0.6 is 0 Å². The second-order valence-electron chi connectivity index (χ2n) is 8.25. The fourth-order valence-electron chi connectivity index (χ4n) is 4.36. The number of benzene rings is 1. The molecule has 1 aromatic heterocycles. The molecule has 2 fully saturated rings. The number of nitrogens with zero attached hydrogens (tertiary/aromatic N) is 4. The van der Waals surface area contributed by atoms with Gasteiger partial charge in [-0.3, -0.25) is 14.9 Å². The summed E-state index contributed by atoms with van der Waals surface area (Å²) in [4.78, 5) is 32.9. The minimum absolute atomic E-state index is 0.0645. The number of rotatable bonds is 5. The van der Waals surface area contributed by atoms with E-state index in [-0.39, 0.29) is 29.6 Å². The molecule has 1 aromatic carbocycles. The smallest absolute Gasteiger partial charge is 0.373 e. The summed E-state index contributed by atoms with van der Waals surface area (Å²) in [5, 5.41) is 11.9. The van der Waals surface area contributed by atoms with Crippen LogP contribution in [0, 0.1) is 10.1 Å². The minimum Gasteiger partial charge on any atom is -0.434 e. The van der Waals surface area contributed by atoms with Crippen LogP contribution in [0.1, 0.15) is 51.0 Å². The fourth-order valence-corrected chi connectivity index (χ4v) is 4.36. The summed E-state index contributed by atoms with van der Waals surface area (Å²) >= 11 is 0. The second-order valence-corrected chi connectivity index (χ2v) is 8.25. The van der Waals surface area contributed by atoms with Crippen LogP contribution < -0.4 is 9.64 Å². The van der Waals surface area contributed by atoms with E-state index >= 15 is 0 Å². The van der Waals surface area contributed by atoms with Crippen molar-refractivity contribution in [1.82, 2.24) is 9.97 Å². The van der Waals surface area contributed by atoms with Crippen LogP contribution in [-0.4, -0.2) is 46.0 Å². The lowest BCUT2D eigenvalue weighted by atomic mass is 9.83. The standard InChI is InChI=1S/C22H26N4O5/c1-14-11-25(12-15(2)30-14)21-20(26(28)29)22(24-13-23-21)31-19-9-5-17(6-10-19)16-3-7-18(27)8-4-16/h5-6,9-10,13-16H,3-4,7-8,11-12H2,1-2H3. The van der Waals surface area contributed by atoms with Crippen LogP contribution in [0.2, 0.25) is 0 Å². The third-order valence-corrected chi connectivity index (χ3v) is 5.78. The van der Waals surface area contributed by atoms with Crippen molar-refractivity contribution >= 4 is 17.3 Å². The van der Waals surface area contributed by atoms with Gasteiger partial charge in [0.25, 0.3) is 0 Å². The molecule has 1 saturated carbocycles. The lowest BCUT2D eigenvalue weighted by molar-refractivity contribution is -0.385. The van der Waals surface area contributed by atoms with Crippen LogP contribution in [0.4, 0.5) is 11.5 Å². The van der Waals surface area contributed by atoms with Gasteiger partial charge in [0.05, 0.1) is 17.1 Å². The number of carbonyl (C=O) groups is 1. The first-order valence-corrected chi connectivity index (χ1v) is 10.6. The predicted octanol–water partition coefficient (Wildman–Crippen LogP) is 4.02. The van der Waals surface area contributed by atoms with Gasteiger partial charge in [-0.05, 0) is 50.3 Å². The molecule has 2 heterocycles. The van der Waals surface area contributed by atoms with E-state index in [9.17, 15) is 14.9 Å². The highest BCUT2D eigenvalue weighted by Crippen LogP contribution is 2.38. The molecule has 0 bridgehead atoms. The third-order valence-electron chi connectivity index (χ3n) is 5.78. The zero-order chi connectivity index (χ0) is 22.0. The van der Waals surface area contributed by atoms with Crippen LogP contribution in [-0.2, 0) is 9.53 Å². The number of aromatic nitrogens is 2. The lowest BCUT2D eigenvalue weighted by Crippen LogP contribution is -2.46. The van der Waals surface area contributed by atoms with E-state index in [2.05, 4.69) is 9.97 Å². The van der Waals surface area contributed by atoms with Gasteiger partial charge < -0.3 is 14.4 Å². The summed E-state index contributed by atoms with van der Waals surface area (Å²) in [7, 11) is 0. The average Bonchev–Trinajstić information content (AvgIpc) is 2.74. The van der Waals surface area contributed by atoms with Gasteiger partial charge in [0.1, 0.15) is 17.9 Å². The number of carbonyl (C=O) groups excluding carboxylic acids is 1. The number of Topliss-reactive ketones (excluding diaryl/α,β-unsaturated/α-hetero) is 1. The van der Waals surface area contributed by atoms with Crippen LogP contribution in [0.25, 0.3) is 0 Å². The number of anilines is 1. The van der Waals surface area contributed by atoms with E-state index in [1.807, 2.05) is 30.9 Å². The molecule has 2 atom stereocenters. The molecule has 0 spiro atoms. The Kier molecular flexibility index (Phi) is 6.13. The van der Waals surface area contributed by atoms with Crippen LogP contribution in [0.15, 0.2) is 30.6 Å². The van der Waals surface area contributed by atoms with Crippen molar-refractivity contribution in [2.45, 2.75) is 57.7 Å². The Labute approximate surface area is 180 Å². The Hall–Kier alpha value is -3.07. The molecule has 1 aliphatic heterocycles. The van der Waals surface area contributed by atoms with E-state index in [0.29, 0.717) is 43.4 Å². The van der Waals surface area contributed by atoms with Crippen LogP contribution in [0.5, 0.6) is 11.6 Å². The molecule has 2 aliphatic rings. The Morgan fingerprint density at radius 1 is 1.10 bits per heavy atom. The van der Waals surface area contributed by atoms with E-state index < -0.39 is 4.92 Å². The predicted molar refractivity (Wildman–Crippen MR) is 114 cm³/mol. The average molecular weight is 426 g/mol. The zero-order valence-corrected chi connectivity index (χ0v) is 17.7. The van der Waals surface area contributed by atoms with Gasteiger partial charge in [0.2, 0.25) is 5.82 Å². The van der Waals surface area contributed by atoms with Crippen molar-refractivity contribution in [1.29, 1.82) is 0 Å². The molecule has 0 N–H and O–H groups in total. The summed E-state index contributed by atoms with van der Waals surface area (Å²) in [5.74, 6) is 1.30. The molecule has 1 saturated heterocycles. The van der Waals surface area contributed by atoms with Gasteiger partial charge in [-0.1, -0.05) is 12.1 Å². The molecule has 9 nitrogen and oxygen atoms in total. The number of nitro groups is 1. The Balaban J connectivity index is 1.55. The first-order valence-electron chi connectivity index (χ1n) is 10.6. The monoisotopic (exact) mass is 426 g/mol. The third kappa shape index (κ3) is 4.82. The van der Waals surface area contributed by atoms with Crippen molar-refractivity contribution in [3.63, 3.8) is 0 Å². The number of ether oxygens (including phenoxy) is 2. The Morgan fingerprint density at radius 3 is 2.35 bits per heavy atom. The maximum atomic E-state index is 11.9. The van der Waals surface area contributed by atoms with Crippen LogP contribution in [0.3, 0.4) is 0 Å². The van der Waals surface area contributed by atoms with Gasteiger partial charge in [0, 0.05) is 25.9 Å². The first-order chi connectivity index (χ1) is 14.9. The van der Waals surface area contributed by atoms with Crippen molar-refractivity contribution in [3.8, 4) is 11.6 Å². The van der Waals surface area contributed by atoms with Crippen molar-refractivity contribution < 1.29 is 19.2 Å². The maximum absolute atomic E-state index is 11.9. The fraction of sp³-hybridized carbons (Fsp3) is 0.500. The molecular weight excluding hydrogens is 400 g/mol. The molecule has 4 rings (SSSR count). The first kappa shape index (κ1) is 21.2. The van der Waals surface area contributed by atoms with Gasteiger partial charge >= 0.3 is 11.6 Å². The Morgan fingerprint density at radius 2 is 1.74 bits per heavy atom. The van der Waals surface area contributed by atoms with E-state index in [1.165, 1.54) is 6.33 Å². The molecule has 31 heavy (non-hydrogen) atoms. The summed E-state index contributed by atoms with van der Waals surface area (Å²) < 4.78 is 11.5. The molecular formula is C22H26N4O5. The number of morpholine rings is 1. The highest BCUT2D eigenvalue weighted by atomic mass is 16.6. The highest BCUT2D eigenvalue weighted by Gasteiger charge is 2.32. The molecule has 9 heteroatoms. The summed E-state index contributed by atoms with van der Waals surface area (Å²) in [6.45, 7) is 4.86. The molecule has 0 amide bonds. The molecule has 1 aliphatic carbocycles. The number of ketones is 1. The summed E-state index contributed by atoms with van der Waals surface area (Å²) in [6, 6.07) is 7.48. The minimum atomic E-state index is -0.497. The quantitative estimate of drug-likeness (QED) is 0.521. The summed E-state index contributed by atoms with van der Waals surface area (Å²) in [6.07, 6.45) is 4.12. The van der Waals surface area contributed by atoms with Crippen molar-refractivity contribution in [2.75, 3.05) is 18.0 Å². The number of hydrogen-bond donors (Lipinski definition) is 0. The maximum Gasteiger partial charge on any atom is 0.373 e. The molecule has 2 unspecified atom stereocenters. The van der Waals surface area contributed by atoms with E-state index in [0.717, 1.165) is 18.4 Å². The zero-order valence-electron chi connectivity index (χ0n) is 17.7. The SMILES string of the molecule is CC1CN(c2ncnc(Oc3ccc(C4CCC(=O)CC4)cc3)c2[N+](=O)[O-])CC(C)O1. The van der Waals surface area contributed by atoms with Gasteiger partial charge in [-0.15, -0.1) is 0 Å². The van der Waals surface area contributed by atoms with Gasteiger partial charge in [-0.25, -0.2) is 4.98 Å². The molecule has 2 aromatic rings. The highest BCUT2D eigenvalue weighted by molar-refractivity contribution is 5.79. The molecule has 164 valence electrons. The van der Waals surface area contributed by atoms with E-state index in [4.69, 9.17) is 9.47 Å². The lowest BCUT2D eigenvalue weighted by Gasteiger charge is -2.35. The Bertz CT molecular complexity index is 945. The largest absolute Gasteiger partial charge is 0.434 e. The molecule has 0 radical (unpaired) electrons. The summed E-state index contributed by atoms with van der Waals surface area (Å²) in [5.41, 5.74) is 0.896. The normalized spacial score (nSPS) is 22.4. The van der Waals surface area contributed by atoms with Gasteiger partial charge in [0.15, 0.2) is 0 Å². The van der Waals surface area contributed by atoms with Crippen molar-refractivity contribution in [2.24, 2.45) is 0 Å². The number of hydrogen-bond acceptors (Lipinski definition) is 8. The van der Waals surface area contributed by atoms with Gasteiger partial charge in [-0.2, -0.15) is 4.98 Å². The van der Waals surface area contributed by atoms with Crippen molar-refractivity contribution in [3.05, 3.63) is 46.3 Å².